The van der Waals surface area contributed by atoms with Gasteiger partial charge in [-0.15, -0.1) is 5.10 Å². The minimum absolute atomic E-state index is 0.173. The first-order chi connectivity index (χ1) is 15.9. The molecular weight excluding hydrogens is 428 g/mol. The van der Waals surface area contributed by atoms with Gasteiger partial charge in [0.05, 0.1) is 12.3 Å². The first-order valence-corrected chi connectivity index (χ1v) is 10.5. The van der Waals surface area contributed by atoms with Crippen LogP contribution in [0.15, 0.2) is 47.4 Å². The molecule has 33 heavy (non-hydrogen) atoms. The van der Waals surface area contributed by atoms with E-state index >= 15 is 0 Å². The van der Waals surface area contributed by atoms with Gasteiger partial charge in [-0.2, -0.15) is 4.52 Å². The Morgan fingerprint density at radius 2 is 2.00 bits per heavy atom. The summed E-state index contributed by atoms with van der Waals surface area (Å²) in [7, 11) is 1.55. The fourth-order valence-electron chi connectivity index (χ4n) is 4.18. The standard InChI is InChI=1S/C24H21F2N5O2/c1-14-7-22-28-18(13-33-2)10-23(32)31(22)29-24(14)30-6-5-21-16(12-30)8-15(11-27-21)19-9-17(25)3-4-20(19)26/h3-4,7-11H,5-6,12-13H2,1-2H3. The van der Waals surface area contributed by atoms with Crippen molar-refractivity contribution in [3.63, 3.8) is 0 Å². The van der Waals surface area contributed by atoms with Gasteiger partial charge in [0.1, 0.15) is 11.6 Å². The largest absolute Gasteiger partial charge is 0.378 e. The lowest BCUT2D eigenvalue weighted by Gasteiger charge is -2.30. The maximum Gasteiger partial charge on any atom is 0.274 e. The molecule has 0 N–H and O–H groups in total. The number of halogens is 2. The summed E-state index contributed by atoms with van der Waals surface area (Å²) in [6.07, 6.45) is 2.25. The lowest BCUT2D eigenvalue weighted by Crippen LogP contribution is -2.33. The number of aromatic nitrogens is 4. The van der Waals surface area contributed by atoms with Crippen molar-refractivity contribution in [3.8, 4) is 11.1 Å². The van der Waals surface area contributed by atoms with E-state index in [1.165, 1.54) is 16.6 Å². The van der Waals surface area contributed by atoms with Crippen molar-refractivity contribution in [2.45, 2.75) is 26.5 Å². The van der Waals surface area contributed by atoms with Gasteiger partial charge >= 0.3 is 0 Å². The van der Waals surface area contributed by atoms with Gasteiger partial charge in [0.25, 0.3) is 5.56 Å². The number of hydrogen-bond acceptors (Lipinski definition) is 6. The Hall–Kier alpha value is -3.72. The lowest BCUT2D eigenvalue weighted by molar-refractivity contribution is 0.181. The molecule has 0 bridgehead atoms. The third-order valence-corrected chi connectivity index (χ3v) is 5.74. The summed E-state index contributed by atoms with van der Waals surface area (Å²) in [5.41, 5.74) is 4.11. The molecular formula is C24H21F2N5O2. The second kappa shape index (κ2) is 8.32. The molecule has 5 rings (SSSR count). The van der Waals surface area contributed by atoms with Gasteiger partial charge in [-0.3, -0.25) is 9.78 Å². The van der Waals surface area contributed by atoms with Crippen LogP contribution in [0.2, 0.25) is 0 Å². The number of fused-ring (bicyclic) bond motifs is 2. The predicted octanol–water partition coefficient (Wildman–Crippen LogP) is 3.45. The summed E-state index contributed by atoms with van der Waals surface area (Å²) in [5, 5.41) is 4.58. The zero-order valence-corrected chi connectivity index (χ0v) is 18.2. The van der Waals surface area contributed by atoms with Crippen LogP contribution in [0.3, 0.4) is 0 Å². The number of methoxy groups -OCH3 is 1. The molecule has 0 atom stereocenters. The Morgan fingerprint density at radius 1 is 1.15 bits per heavy atom. The molecule has 3 aromatic heterocycles. The summed E-state index contributed by atoms with van der Waals surface area (Å²) in [5.74, 6) is -0.342. The summed E-state index contributed by atoms with van der Waals surface area (Å²) in [4.78, 5) is 23.6. The van der Waals surface area contributed by atoms with Gasteiger partial charge in [-0.1, -0.05) is 0 Å². The van der Waals surface area contributed by atoms with Gasteiger partial charge in [-0.25, -0.2) is 13.8 Å². The maximum atomic E-state index is 14.3. The molecule has 0 saturated carbocycles. The molecule has 0 fully saturated rings. The van der Waals surface area contributed by atoms with Crippen molar-refractivity contribution in [1.82, 2.24) is 19.6 Å². The Labute approximate surface area is 188 Å². The van der Waals surface area contributed by atoms with Crippen LogP contribution in [0.25, 0.3) is 16.8 Å². The van der Waals surface area contributed by atoms with Crippen molar-refractivity contribution in [2.24, 2.45) is 0 Å². The van der Waals surface area contributed by atoms with Crippen molar-refractivity contribution < 1.29 is 13.5 Å². The van der Waals surface area contributed by atoms with Crippen LogP contribution in [-0.4, -0.2) is 33.2 Å². The van der Waals surface area contributed by atoms with E-state index in [1.807, 2.05) is 19.1 Å². The van der Waals surface area contributed by atoms with E-state index in [-0.39, 0.29) is 17.7 Å². The zero-order valence-electron chi connectivity index (χ0n) is 18.2. The normalized spacial score (nSPS) is 13.4. The van der Waals surface area contributed by atoms with Crippen LogP contribution in [0.5, 0.6) is 0 Å². The minimum atomic E-state index is -0.505. The Morgan fingerprint density at radius 3 is 2.82 bits per heavy atom. The highest BCUT2D eigenvalue weighted by Crippen LogP contribution is 2.29. The van der Waals surface area contributed by atoms with Crippen LogP contribution in [0.4, 0.5) is 14.6 Å². The second-order valence-corrected chi connectivity index (χ2v) is 8.07. The fourth-order valence-corrected chi connectivity index (χ4v) is 4.18. The molecule has 0 aliphatic carbocycles. The van der Waals surface area contributed by atoms with E-state index in [0.717, 1.165) is 29.0 Å². The summed E-state index contributed by atoms with van der Waals surface area (Å²) in [6.45, 7) is 3.31. The zero-order chi connectivity index (χ0) is 23.1. The third-order valence-electron chi connectivity index (χ3n) is 5.74. The molecule has 0 saturated heterocycles. The van der Waals surface area contributed by atoms with Gasteiger partial charge in [0.2, 0.25) is 0 Å². The van der Waals surface area contributed by atoms with E-state index in [4.69, 9.17) is 4.74 Å². The highest BCUT2D eigenvalue weighted by atomic mass is 19.1. The number of benzene rings is 1. The van der Waals surface area contributed by atoms with Gasteiger partial charge in [0.15, 0.2) is 11.5 Å². The highest BCUT2D eigenvalue weighted by Gasteiger charge is 2.22. The molecule has 0 unspecified atom stereocenters. The van der Waals surface area contributed by atoms with E-state index in [2.05, 4.69) is 20.0 Å². The van der Waals surface area contributed by atoms with Crippen molar-refractivity contribution in [3.05, 3.63) is 87.1 Å². The first kappa shape index (κ1) is 21.1. The molecule has 0 radical (unpaired) electrons. The van der Waals surface area contributed by atoms with Crippen LogP contribution in [0.1, 0.15) is 22.5 Å². The SMILES string of the molecule is COCc1cc(=O)n2nc(N3CCc4ncc(-c5cc(F)ccc5F)cc4C3)c(C)cc2n1. The average Bonchev–Trinajstić information content (AvgIpc) is 2.80. The number of rotatable bonds is 4. The average molecular weight is 449 g/mol. The smallest absolute Gasteiger partial charge is 0.274 e. The molecule has 0 spiro atoms. The monoisotopic (exact) mass is 449 g/mol. The fraction of sp³-hybridized carbons (Fsp3) is 0.250. The maximum absolute atomic E-state index is 14.3. The van der Waals surface area contributed by atoms with Crippen LogP contribution in [0, 0.1) is 18.6 Å². The lowest BCUT2D eigenvalue weighted by atomic mass is 9.99. The molecule has 4 aromatic rings. The molecule has 4 heterocycles. The summed E-state index contributed by atoms with van der Waals surface area (Å²) < 4.78 is 34.3. The predicted molar refractivity (Wildman–Crippen MR) is 119 cm³/mol. The van der Waals surface area contributed by atoms with E-state index in [9.17, 15) is 13.6 Å². The molecule has 9 heteroatoms. The molecule has 1 aromatic carbocycles. The highest BCUT2D eigenvalue weighted by molar-refractivity contribution is 5.65. The van der Waals surface area contributed by atoms with Gasteiger partial charge in [-0.05, 0) is 48.4 Å². The van der Waals surface area contributed by atoms with E-state index in [1.54, 1.807) is 13.3 Å². The summed E-state index contributed by atoms with van der Waals surface area (Å²) >= 11 is 0. The van der Waals surface area contributed by atoms with Gasteiger partial charge in [0, 0.05) is 55.7 Å². The number of aryl methyl sites for hydroxylation is 1. The van der Waals surface area contributed by atoms with Crippen LogP contribution >= 0.6 is 0 Å². The number of anilines is 1. The van der Waals surface area contributed by atoms with Crippen LogP contribution < -0.4 is 10.5 Å². The minimum Gasteiger partial charge on any atom is -0.378 e. The Balaban J connectivity index is 1.51. The topological polar surface area (TPSA) is 72.6 Å². The van der Waals surface area contributed by atoms with E-state index < -0.39 is 11.6 Å². The third kappa shape index (κ3) is 3.95. The molecule has 0 amide bonds. The molecule has 1 aliphatic heterocycles. The Bertz CT molecular complexity index is 1440. The number of pyridine rings is 1. The van der Waals surface area contributed by atoms with Crippen molar-refractivity contribution in [1.29, 1.82) is 0 Å². The second-order valence-electron chi connectivity index (χ2n) is 8.07. The molecule has 168 valence electrons. The molecule has 7 nitrogen and oxygen atoms in total. The van der Waals surface area contributed by atoms with Crippen molar-refractivity contribution in [2.75, 3.05) is 18.6 Å². The summed E-state index contributed by atoms with van der Waals surface area (Å²) in [6, 6.07) is 8.46. The van der Waals surface area contributed by atoms with Crippen LogP contribution in [-0.2, 0) is 24.3 Å². The first-order valence-electron chi connectivity index (χ1n) is 10.5. The number of hydrogen-bond donors (Lipinski definition) is 0. The number of nitrogens with zero attached hydrogens (tertiary/aromatic N) is 5. The van der Waals surface area contributed by atoms with E-state index in [0.29, 0.717) is 42.2 Å². The number of ether oxygens (including phenoxy) is 1. The van der Waals surface area contributed by atoms with Crippen molar-refractivity contribution >= 4 is 11.5 Å². The quantitative estimate of drug-likeness (QED) is 0.475. The van der Waals surface area contributed by atoms with Gasteiger partial charge < -0.3 is 9.64 Å². The Kier molecular flexibility index (Phi) is 5.33. The molecule has 1 aliphatic rings.